The number of aromatic nitrogens is 1. The first-order chi connectivity index (χ1) is 7.29. The van der Waals surface area contributed by atoms with Crippen molar-refractivity contribution in [2.45, 2.75) is 25.8 Å². The van der Waals surface area contributed by atoms with Gasteiger partial charge in [0, 0.05) is 18.3 Å². The highest BCUT2D eigenvalue weighted by Crippen LogP contribution is 2.29. The van der Waals surface area contributed by atoms with Gasteiger partial charge in [-0.25, -0.2) is 4.98 Å². The predicted octanol–water partition coefficient (Wildman–Crippen LogP) is 2.15. The number of ether oxygens (including phenoxy) is 1. The van der Waals surface area contributed by atoms with E-state index in [4.69, 9.17) is 4.74 Å². The van der Waals surface area contributed by atoms with Crippen LogP contribution in [0.15, 0.2) is 18.3 Å². The Morgan fingerprint density at radius 3 is 2.87 bits per heavy atom. The Balaban J connectivity index is 1.90. The quantitative estimate of drug-likeness (QED) is 0.801. The minimum absolute atomic E-state index is 0.343. The van der Waals surface area contributed by atoms with Crippen LogP contribution >= 0.6 is 0 Å². The van der Waals surface area contributed by atoms with Crippen molar-refractivity contribution < 1.29 is 4.74 Å². The first kappa shape index (κ1) is 10.4. The fourth-order valence-electron chi connectivity index (χ4n) is 1.39. The average Bonchev–Trinajstić information content (AvgIpc) is 3.10. The van der Waals surface area contributed by atoms with Gasteiger partial charge < -0.3 is 10.1 Å². The van der Waals surface area contributed by atoms with Crippen LogP contribution in [0, 0.1) is 5.92 Å². The van der Waals surface area contributed by atoms with Crippen LogP contribution in [0.4, 0.5) is 0 Å². The van der Waals surface area contributed by atoms with Crippen LogP contribution in [0.1, 0.15) is 31.4 Å². The van der Waals surface area contributed by atoms with Crippen LogP contribution in [0.5, 0.6) is 5.88 Å². The van der Waals surface area contributed by atoms with Crippen LogP contribution in [-0.2, 0) is 0 Å². The molecule has 15 heavy (non-hydrogen) atoms. The Kier molecular flexibility index (Phi) is 3.21. The maximum atomic E-state index is 5.57. The zero-order chi connectivity index (χ0) is 10.7. The van der Waals surface area contributed by atoms with E-state index >= 15 is 0 Å². The number of rotatable bonds is 5. The van der Waals surface area contributed by atoms with E-state index in [2.05, 4.69) is 23.3 Å². The molecular weight excluding hydrogens is 188 g/mol. The Hall–Kier alpha value is -1.09. The lowest BCUT2D eigenvalue weighted by Crippen LogP contribution is -2.12. The average molecular weight is 206 g/mol. The topological polar surface area (TPSA) is 34.1 Å². The van der Waals surface area contributed by atoms with Gasteiger partial charge in [-0.2, -0.15) is 0 Å². The lowest BCUT2D eigenvalue weighted by atomic mass is 10.1. The van der Waals surface area contributed by atoms with Gasteiger partial charge in [0.15, 0.2) is 0 Å². The van der Waals surface area contributed by atoms with E-state index in [1.165, 1.54) is 18.4 Å². The molecule has 1 aromatic heterocycles. The second kappa shape index (κ2) is 4.62. The van der Waals surface area contributed by atoms with Gasteiger partial charge in [-0.15, -0.1) is 0 Å². The van der Waals surface area contributed by atoms with Crippen molar-refractivity contribution in [2.75, 3.05) is 13.7 Å². The van der Waals surface area contributed by atoms with Gasteiger partial charge in [-0.3, -0.25) is 0 Å². The first-order valence-electron chi connectivity index (χ1n) is 5.55. The van der Waals surface area contributed by atoms with Crippen molar-refractivity contribution >= 4 is 0 Å². The van der Waals surface area contributed by atoms with Crippen LogP contribution in [0.25, 0.3) is 0 Å². The Morgan fingerprint density at radius 2 is 2.33 bits per heavy atom. The third-order valence-electron chi connectivity index (χ3n) is 2.86. The predicted molar refractivity (Wildman–Crippen MR) is 59.9 cm³/mol. The lowest BCUT2D eigenvalue weighted by Gasteiger charge is -2.10. The summed E-state index contributed by atoms with van der Waals surface area (Å²) in [5.74, 6) is 1.52. The van der Waals surface area contributed by atoms with E-state index in [1.807, 2.05) is 19.3 Å². The molecule has 0 spiro atoms. The highest BCUT2D eigenvalue weighted by Gasteiger charge is 2.22. The molecule has 1 fully saturated rings. The van der Waals surface area contributed by atoms with Crippen molar-refractivity contribution in [1.29, 1.82) is 0 Å². The third kappa shape index (κ3) is 2.93. The second-order valence-corrected chi connectivity index (χ2v) is 4.19. The maximum absolute atomic E-state index is 5.57. The minimum Gasteiger partial charge on any atom is -0.477 e. The van der Waals surface area contributed by atoms with E-state index in [0.717, 1.165) is 18.4 Å². The Morgan fingerprint density at radius 1 is 1.53 bits per heavy atom. The van der Waals surface area contributed by atoms with E-state index in [-0.39, 0.29) is 0 Å². The highest BCUT2D eigenvalue weighted by molar-refractivity contribution is 5.20. The SMILES string of the molecule is CNC(C)c1ccc(OCC2CC2)nc1. The van der Waals surface area contributed by atoms with Gasteiger partial charge >= 0.3 is 0 Å². The van der Waals surface area contributed by atoms with Crippen molar-refractivity contribution in [2.24, 2.45) is 5.92 Å². The van der Waals surface area contributed by atoms with Crippen LogP contribution in [0.3, 0.4) is 0 Å². The second-order valence-electron chi connectivity index (χ2n) is 4.19. The van der Waals surface area contributed by atoms with Gasteiger partial charge in [-0.1, -0.05) is 6.07 Å². The van der Waals surface area contributed by atoms with Crippen molar-refractivity contribution in [3.05, 3.63) is 23.9 Å². The van der Waals surface area contributed by atoms with E-state index in [1.54, 1.807) is 0 Å². The van der Waals surface area contributed by atoms with Crippen LogP contribution in [-0.4, -0.2) is 18.6 Å². The van der Waals surface area contributed by atoms with Crippen molar-refractivity contribution in [1.82, 2.24) is 10.3 Å². The summed E-state index contributed by atoms with van der Waals surface area (Å²) in [6.07, 6.45) is 4.51. The minimum atomic E-state index is 0.343. The van der Waals surface area contributed by atoms with Crippen LogP contribution < -0.4 is 10.1 Å². The molecule has 1 N–H and O–H groups in total. The molecule has 1 heterocycles. The van der Waals surface area contributed by atoms with Gasteiger partial charge in [0.2, 0.25) is 5.88 Å². The molecule has 0 aromatic carbocycles. The highest BCUT2D eigenvalue weighted by atomic mass is 16.5. The summed E-state index contributed by atoms with van der Waals surface area (Å²) in [5, 5.41) is 3.18. The van der Waals surface area contributed by atoms with E-state index < -0.39 is 0 Å². The molecule has 0 aliphatic heterocycles. The summed E-state index contributed by atoms with van der Waals surface area (Å²) in [7, 11) is 1.95. The van der Waals surface area contributed by atoms with Gasteiger partial charge in [0.25, 0.3) is 0 Å². The molecule has 1 unspecified atom stereocenters. The lowest BCUT2D eigenvalue weighted by molar-refractivity contribution is 0.288. The zero-order valence-corrected chi connectivity index (χ0v) is 9.36. The normalized spacial score (nSPS) is 17.5. The summed E-state index contributed by atoms with van der Waals surface area (Å²) in [6.45, 7) is 2.94. The molecule has 0 amide bonds. The zero-order valence-electron chi connectivity index (χ0n) is 9.36. The number of pyridine rings is 1. The summed E-state index contributed by atoms with van der Waals surface area (Å²) >= 11 is 0. The largest absolute Gasteiger partial charge is 0.477 e. The summed E-state index contributed by atoms with van der Waals surface area (Å²) < 4.78 is 5.57. The Bertz CT molecular complexity index is 306. The molecule has 3 nitrogen and oxygen atoms in total. The molecule has 0 radical (unpaired) electrons. The van der Waals surface area contributed by atoms with Gasteiger partial charge in [0.1, 0.15) is 0 Å². The summed E-state index contributed by atoms with van der Waals surface area (Å²) in [6, 6.07) is 4.36. The summed E-state index contributed by atoms with van der Waals surface area (Å²) in [5.41, 5.74) is 1.19. The smallest absolute Gasteiger partial charge is 0.213 e. The van der Waals surface area contributed by atoms with Crippen molar-refractivity contribution in [3.8, 4) is 5.88 Å². The summed E-state index contributed by atoms with van der Waals surface area (Å²) in [4.78, 5) is 4.29. The van der Waals surface area contributed by atoms with Crippen LogP contribution in [0.2, 0.25) is 0 Å². The van der Waals surface area contributed by atoms with Gasteiger partial charge in [0.05, 0.1) is 6.61 Å². The molecule has 0 saturated heterocycles. The molecule has 82 valence electrons. The maximum Gasteiger partial charge on any atom is 0.213 e. The number of nitrogens with one attached hydrogen (secondary N) is 1. The van der Waals surface area contributed by atoms with Gasteiger partial charge in [-0.05, 0) is 38.3 Å². The van der Waals surface area contributed by atoms with Crippen molar-refractivity contribution in [3.63, 3.8) is 0 Å². The molecule has 2 rings (SSSR count). The van der Waals surface area contributed by atoms with E-state index in [0.29, 0.717) is 6.04 Å². The molecule has 3 heteroatoms. The number of nitrogens with zero attached hydrogens (tertiary/aromatic N) is 1. The number of hydrogen-bond acceptors (Lipinski definition) is 3. The Labute approximate surface area is 90.9 Å². The van der Waals surface area contributed by atoms with E-state index in [9.17, 15) is 0 Å². The molecule has 1 aliphatic carbocycles. The number of hydrogen-bond donors (Lipinski definition) is 1. The fraction of sp³-hybridized carbons (Fsp3) is 0.583. The first-order valence-corrected chi connectivity index (χ1v) is 5.55. The molecular formula is C12H18N2O. The fourth-order valence-corrected chi connectivity index (χ4v) is 1.39. The molecule has 1 aliphatic rings. The molecule has 1 atom stereocenters. The third-order valence-corrected chi connectivity index (χ3v) is 2.86. The molecule has 1 saturated carbocycles. The molecule has 1 aromatic rings. The molecule has 0 bridgehead atoms. The standard InChI is InChI=1S/C12H18N2O/c1-9(13-2)11-5-6-12(14-7-11)15-8-10-3-4-10/h5-7,9-10,13H,3-4,8H2,1-2H3. The monoisotopic (exact) mass is 206 g/mol.